The van der Waals surface area contributed by atoms with Crippen molar-refractivity contribution >= 4 is 40.2 Å². The van der Waals surface area contributed by atoms with E-state index in [2.05, 4.69) is 20.6 Å². The first-order valence-corrected chi connectivity index (χ1v) is 10.5. The molecule has 8 nitrogen and oxygen atoms in total. The van der Waals surface area contributed by atoms with Crippen molar-refractivity contribution in [3.63, 3.8) is 0 Å². The third-order valence-electron chi connectivity index (χ3n) is 4.91. The van der Waals surface area contributed by atoms with E-state index in [0.29, 0.717) is 36.3 Å². The summed E-state index contributed by atoms with van der Waals surface area (Å²) in [6.07, 6.45) is 2.53. The van der Waals surface area contributed by atoms with Crippen molar-refractivity contribution in [3.05, 3.63) is 47.0 Å². The highest BCUT2D eigenvalue weighted by Crippen LogP contribution is 2.33. The Balaban J connectivity index is 1.45. The smallest absolute Gasteiger partial charge is 0.303 e. The number of carbonyl (C=O) groups is 1. The SMILES string of the molecule is O=C(O)CCCCCNc1nc(NCc2ccc3c(c2)OCO3)c2cc(Cl)ccc2n1. The molecule has 0 saturated heterocycles. The van der Waals surface area contributed by atoms with Crippen molar-refractivity contribution in [2.75, 3.05) is 24.0 Å². The molecule has 3 N–H and O–H groups in total. The van der Waals surface area contributed by atoms with E-state index < -0.39 is 5.97 Å². The van der Waals surface area contributed by atoms with Gasteiger partial charge in [-0.3, -0.25) is 4.79 Å². The number of rotatable bonds is 10. The Morgan fingerprint density at radius 1 is 1.03 bits per heavy atom. The highest BCUT2D eigenvalue weighted by Gasteiger charge is 2.14. The highest BCUT2D eigenvalue weighted by atomic mass is 35.5. The van der Waals surface area contributed by atoms with Gasteiger partial charge >= 0.3 is 5.97 Å². The molecule has 0 amide bonds. The van der Waals surface area contributed by atoms with Gasteiger partial charge in [-0.05, 0) is 48.7 Å². The quantitative estimate of drug-likeness (QED) is 0.388. The van der Waals surface area contributed by atoms with Crippen LogP contribution in [0.4, 0.5) is 11.8 Å². The summed E-state index contributed by atoms with van der Waals surface area (Å²) < 4.78 is 10.8. The molecular formula is C22H23ClN4O4. The Morgan fingerprint density at radius 3 is 2.77 bits per heavy atom. The van der Waals surface area contributed by atoms with Crippen molar-refractivity contribution < 1.29 is 19.4 Å². The Hall–Kier alpha value is -3.26. The maximum Gasteiger partial charge on any atom is 0.303 e. The van der Waals surface area contributed by atoms with Crippen molar-refractivity contribution in [3.8, 4) is 11.5 Å². The first-order valence-electron chi connectivity index (χ1n) is 10.1. The maximum absolute atomic E-state index is 10.6. The van der Waals surface area contributed by atoms with Gasteiger partial charge in [0.2, 0.25) is 12.7 Å². The van der Waals surface area contributed by atoms with Gasteiger partial charge < -0.3 is 25.2 Å². The molecule has 2 heterocycles. The van der Waals surface area contributed by atoms with Gasteiger partial charge in [0.05, 0.1) is 5.52 Å². The lowest BCUT2D eigenvalue weighted by molar-refractivity contribution is -0.137. The summed E-state index contributed by atoms with van der Waals surface area (Å²) in [5.41, 5.74) is 1.81. The number of aromatic nitrogens is 2. The van der Waals surface area contributed by atoms with Crippen LogP contribution in [0.25, 0.3) is 10.9 Å². The van der Waals surface area contributed by atoms with E-state index in [1.54, 1.807) is 6.07 Å². The zero-order chi connectivity index (χ0) is 21.6. The third-order valence-corrected chi connectivity index (χ3v) is 5.14. The van der Waals surface area contributed by atoms with Gasteiger partial charge in [-0.15, -0.1) is 0 Å². The van der Waals surface area contributed by atoms with E-state index in [0.717, 1.165) is 40.8 Å². The number of ether oxygens (including phenoxy) is 2. The number of anilines is 2. The number of benzene rings is 2. The molecule has 162 valence electrons. The molecule has 3 aromatic rings. The number of aliphatic carboxylic acids is 1. The number of carboxylic acids is 1. The molecule has 0 unspecified atom stereocenters. The number of halogens is 1. The summed E-state index contributed by atoms with van der Waals surface area (Å²) in [5.74, 6) is 1.92. The van der Waals surface area contributed by atoms with E-state index in [1.807, 2.05) is 30.3 Å². The van der Waals surface area contributed by atoms with Crippen LogP contribution in [0.5, 0.6) is 11.5 Å². The zero-order valence-corrected chi connectivity index (χ0v) is 17.6. The summed E-state index contributed by atoms with van der Waals surface area (Å²) in [4.78, 5) is 19.8. The molecule has 2 aromatic carbocycles. The van der Waals surface area contributed by atoms with Gasteiger partial charge in [0, 0.05) is 29.9 Å². The summed E-state index contributed by atoms with van der Waals surface area (Å²) >= 11 is 6.19. The molecular weight excluding hydrogens is 420 g/mol. The molecule has 0 atom stereocenters. The van der Waals surface area contributed by atoms with Crippen LogP contribution in [-0.4, -0.2) is 34.4 Å². The van der Waals surface area contributed by atoms with E-state index in [-0.39, 0.29) is 13.2 Å². The van der Waals surface area contributed by atoms with Crippen molar-refractivity contribution in [2.45, 2.75) is 32.2 Å². The third kappa shape index (κ3) is 5.46. The Kier molecular flexibility index (Phi) is 6.57. The number of hydrogen-bond acceptors (Lipinski definition) is 7. The van der Waals surface area contributed by atoms with Crippen LogP contribution < -0.4 is 20.1 Å². The topological polar surface area (TPSA) is 106 Å². The number of nitrogens with zero attached hydrogens (tertiary/aromatic N) is 2. The molecule has 1 aliphatic rings. The van der Waals surface area contributed by atoms with Crippen molar-refractivity contribution in [1.82, 2.24) is 9.97 Å². The Morgan fingerprint density at radius 2 is 1.90 bits per heavy atom. The fraction of sp³-hybridized carbons (Fsp3) is 0.318. The minimum atomic E-state index is -0.761. The minimum absolute atomic E-state index is 0.196. The lowest BCUT2D eigenvalue weighted by atomic mass is 10.2. The van der Waals surface area contributed by atoms with E-state index in [1.165, 1.54) is 0 Å². The highest BCUT2D eigenvalue weighted by molar-refractivity contribution is 6.31. The lowest BCUT2D eigenvalue weighted by Crippen LogP contribution is -2.09. The van der Waals surface area contributed by atoms with Gasteiger partial charge in [0.25, 0.3) is 0 Å². The summed E-state index contributed by atoms with van der Waals surface area (Å²) in [6.45, 7) is 1.46. The number of carboxylic acid groups (broad SMARTS) is 1. The average molecular weight is 443 g/mol. The molecule has 1 aromatic heterocycles. The van der Waals surface area contributed by atoms with Crippen LogP contribution in [0.1, 0.15) is 31.2 Å². The van der Waals surface area contributed by atoms with Crippen LogP contribution >= 0.6 is 11.6 Å². The Bertz CT molecular complexity index is 1090. The monoisotopic (exact) mass is 442 g/mol. The minimum Gasteiger partial charge on any atom is -0.481 e. The predicted octanol–water partition coefficient (Wildman–Crippen LogP) is 4.68. The second-order valence-electron chi connectivity index (χ2n) is 7.23. The molecule has 9 heteroatoms. The standard InChI is InChI=1S/C22H23ClN4O4/c23-15-6-7-17-16(11-15)21(25-12-14-5-8-18-19(10-14)31-13-30-18)27-22(26-17)24-9-3-1-2-4-20(28)29/h5-8,10-11H,1-4,9,12-13H2,(H,28,29)(H2,24,25,26,27). The molecule has 0 fully saturated rings. The molecule has 0 saturated carbocycles. The molecule has 1 aliphatic heterocycles. The summed E-state index contributed by atoms with van der Waals surface area (Å²) in [5, 5.41) is 16.8. The number of hydrogen-bond donors (Lipinski definition) is 3. The molecule has 0 spiro atoms. The normalized spacial score (nSPS) is 12.2. The van der Waals surface area contributed by atoms with Gasteiger partial charge in [-0.2, -0.15) is 4.98 Å². The van der Waals surface area contributed by atoms with Crippen molar-refractivity contribution in [1.29, 1.82) is 0 Å². The first kappa shape index (κ1) is 21.0. The van der Waals surface area contributed by atoms with Crippen molar-refractivity contribution in [2.24, 2.45) is 0 Å². The first-order chi connectivity index (χ1) is 15.1. The second-order valence-corrected chi connectivity index (χ2v) is 7.67. The van der Waals surface area contributed by atoms with Crippen LogP contribution in [0.15, 0.2) is 36.4 Å². The number of fused-ring (bicyclic) bond motifs is 2. The van der Waals surface area contributed by atoms with Gasteiger partial charge in [0.15, 0.2) is 11.5 Å². The molecule has 0 radical (unpaired) electrons. The van der Waals surface area contributed by atoms with Crippen LogP contribution in [-0.2, 0) is 11.3 Å². The maximum atomic E-state index is 10.6. The second kappa shape index (κ2) is 9.70. The van der Waals surface area contributed by atoms with E-state index >= 15 is 0 Å². The van der Waals surface area contributed by atoms with E-state index in [4.69, 9.17) is 26.2 Å². The molecule has 0 bridgehead atoms. The average Bonchev–Trinajstić information content (AvgIpc) is 3.22. The van der Waals surface area contributed by atoms with Gasteiger partial charge in [-0.1, -0.05) is 24.1 Å². The zero-order valence-electron chi connectivity index (χ0n) is 16.9. The fourth-order valence-electron chi connectivity index (χ4n) is 3.33. The number of nitrogens with one attached hydrogen (secondary N) is 2. The molecule has 0 aliphatic carbocycles. The van der Waals surface area contributed by atoms with E-state index in [9.17, 15) is 4.79 Å². The van der Waals surface area contributed by atoms with Gasteiger partial charge in [0.1, 0.15) is 5.82 Å². The van der Waals surface area contributed by atoms with Crippen LogP contribution in [0.3, 0.4) is 0 Å². The predicted molar refractivity (Wildman–Crippen MR) is 119 cm³/mol. The molecule has 31 heavy (non-hydrogen) atoms. The lowest BCUT2D eigenvalue weighted by Gasteiger charge is -2.12. The largest absolute Gasteiger partial charge is 0.481 e. The van der Waals surface area contributed by atoms with Crippen LogP contribution in [0, 0.1) is 0 Å². The number of unbranched alkanes of at least 4 members (excludes halogenated alkanes) is 2. The van der Waals surface area contributed by atoms with Gasteiger partial charge in [-0.25, -0.2) is 4.98 Å². The fourth-order valence-corrected chi connectivity index (χ4v) is 3.50. The summed E-state index contributed by atoms with van der Waals surface area (Å²) in [7, 11) is 0. The summed E-state index contributed by atoms with van der Waals surface area (Å²) in [6, 6.07) is 11.3. The van der Waals surface area contributed by atoms with Crippen LogP contribution in [0.2, 0.25) is 5.02 Å². The Labute approximate surface area is 184 Å². The molecule has 4 rings (SSSR count).